The fourth-order valence-electron chi connectivity index (χ4n) is 4.07. The maximum Gasteiger partial charge on any atom is 0.0345 e. The predicted octanol–water partition coefficient (Wildman–Crippen LogP) is 5.37. The second-order valence-electron chi connectivity index (χ2n) is 6.84. The Morgan fingerprint density at radius 1 is 0.739 bits per heavy atom. The first-order valence-electron chi connectivity index (χ1n) is 8.48. The van der Waals surface area contributed by atoms with Gasteiger partial charge in [-0.2, -0.15) is 0 Å². The summed E-state index contributed by atoms with van der Waals surface area (Å²) in [6.07, 6.45) is 2.44. The van der Waals surface area contributed by atoms with Crippen LogP contribution in [-0.4, -0.2) is 19.0 Å². The molecule has 1 heteroatoms. The maximum atomic E-state index is 2.38. The van der Waals surface area contributed by atoms with Gasteiger partial charge in [0.15, 0.2) is 0 Å². The second kappa shape index (κ2) is 5.82. The van der Waals surface area contributed by atoms with Crippen molar-refractivity contribution in [2.75, 3.05) is 14.1 Å². The number of nitrogens with zero attached hydrogens (tertiary/aromatic N) is 1. The normalized spacial score (nSPS) is 20.7. The van der Waals surface area contributed by atoms with Crippen LogP contribution in [-0.2, 0) is 0 Å². The van der Waals surface area contributed by atoms with Gasteiger partial charge in [0.2, 0.25) is 0 Å². The van der Waals surface area contributed by atoms with Crippen molar-refractivity contribution in [2.45, 2.75) is 24.8 Å². The van der Waals surface area contributed by atoms with Gasteiger partial charge in [-0.1, -0.05) is 66.7 Å². The number of benzene rings is 3. The molecule has 0 saturated heterocycles. The van der Waals surface area contributed by atoms with Gasteiger partial charge < -0.3 is 4.90 Å². The van der Waals surface area contributed by atoms with E-state index < -0.39 is 0 Å². The largest absolute Gasteiger partial charge is 0.302 e. The minimum atomic E-state index is 0.520. The lowest BCUT2D eigenvalue weighted by molar-refractivity contribution is 0.263. The Balaban J connectivity index is 1.80. The first kappa shape index (κ1) is 14.5. The van der Waals surface area contributed by atoms with Crippen molar-refractivity contribution in [3.8, 4) is 0 Å². The number of rotatable bonds is 2. The van der Waals surface area contributed by atoms with Gasteiger partial charge in [0.25, 0.3) is 0 Å². The Morgan fingerprint density at radius 2 is 1.43 bits per heavy atom. The van der Waals surface area contributed by atoms with Crippen molar-refractivity contribution < 1.29 is 0 Å². The second-order valence-corrected chi connectivity index (χ2v) is 6.84. The van der Waals surface area contributed by atoms with Crippen LogP contribution in [0.5, 0.6) is 0 Å². The lowest BCUT2D eigenvalue weighted by Gasteiger charge is -2.35. The summed E-state index contributed by atoms with van der Waals surface area (Å²) in [4.78, 5) is 2.36. The smallest absolute Gasteiger partial charge is 0.0345 e. The molecule has 0 spiro atoms. The SMILES string of the molecule is CN(C)[C@@H]1CCC(c2ccc3ccccc3c2)c2ccccc21. The maximum absolute atomic E-state index is 2.38. The van der Waals surface area contributed by atoms with Gasteiger partial charge in [0, 0.05) is 12.0 Å². The Morgan fingerprint density at radius 3 is 2.22 bits per heavy atom. The number of fused-ring (bicyclic) bond motifs is 2. The average molecular weight is 301 g/mol. The Labute approximate surface area is 138 Å². The highest BCUT2D eigenvalue weighted by Crippen LogP contribution is 2.43. The molecule has 0 amide bonds. The summed E-state index contributed by atoms with van der Waals surface area (Å²) in [6.45, 7) is 0. The molecule has 0 heterocycles. The molecule has 0 aromatic heterocycles. The van der Waals surface area contributed by atoms with Crippen LogP contribution >= 0.6 is 0 Å². The Kier molecular flexibility index (Phi) is 3.66. The van der Waals surface area contributed by atoms with Crippen molar-refractivity contribution in [2.24, 2.45) is 0 Å². The van der Waals surface area contributed by atoms with Gasteiger partial charge in [0.1, 0.15) is 0 Å². The van der Waals surface area contributed by atoms with Crippen LogP contribution in [0.4, 0.5) is 0 Å². The van der Waals surface area contributed by atoms with E-state index in [9.17, 15) is 0 Å². The third kappa shape index (κ3) is 2.55. The molecule has 23 heavy (non-hydrogen) atoms. The summed E-state index contributed by atoms with van der Waals surface area (Å²) in [5.74, 6) is 0.520. The van der Waals surface area contributed by atoms with Crippen LogP contribution in [0, 0.1) is 0 Å². The van der Waals surface area contributed by atoms with E-state index in [1.165, 1.54) is 40.3 Å². The lowest BCUT2D eigenvalue weighted by atomic mass is 9.76. The van der Waals surface area contributed by atoms with E-state index in [1.54, 1.807) is 0 Å². The van der Waals surface area contributed by atoms with Crippen LogP contribution in [0.15, 0.2) is 66.7 Å². The summed E-state index contributed by atoms with van der Waals surface area (Å²) in [7, 11) is 4.38. The van der Waals surface area contributed by atoms with Crippen LogP contribution in [0.25, 0.3) is 10.8 Å². The molecule has 116 valence electrons. The monoisotopic (exact) mass is 301 g/mol. The minimum absolute atomic E-state index is 0.520. The van der Waals surface area contributed by atoms with E-state index in [4.69, 9.17) is 0 Å². The van der Waals surface area contributed by atoms with E-state index in [0.29, 0.717) is 12.0 Å². The lowest BCUT2D eigenvalue weighted by Crippen LogP contribution is -2.26. The average Bonchev–Trinajstić information content (AvgIpc) is 2.60. The van der Waals surface area contributed by atoms with Gasteiger partial charge in [-0.25, -0.2) is 0 Å². The molecule has 0 aliphatic heterocycles. The first-order chi connectivity index (χ1) is 11.2. The molecule has 0 saturated carbocycles. The minimum Gasteiger partial charge on any atom is -0.302 e. The molecule has 0 radical (unpaired) electrons. The molecular weight excluding hydrogens is 278 g/mol. The Hall–Kier alpha value is -2.12. The summed E-state index contributed by atoms with van der Waals surface area (Å²) in [5, 5.41) is 2.67. The number of hydrogen-bond acceptors (Lipinski definition) is 1. The van der Waals surface area contributed by atoms with E-state index in [0.717, 1.165) is 0 Å². The fourth-order valence-corrected chi connectivity index (χ4v) is 4.07. The zero-order chi connectivity index (χ0) is 15.8. The third-order valence-electron chi connectivity index (χ3n) is 5.26. The quantitative estimate of drug-likeness (QED) is 0.615. The highest BCUT2D eigenvalue weighted by molar-refractivity contribution is 5.83. The molecule has 2 atom stereocenters. The highest BCUT2D eigenvalue weighted by atomic mass is 15.1. The third-order valence-corrected chi connectivity index (χ3v) is 5.26. The molecule has 1 nitrogen and oxygen atoms in total. The zero-order valence-corrected chi connectivity index (χ0v) is 13.9. The van der Waals surface area contributed by atoms with Crippen molar-refractivity contribution in [3.05, 3.63) is 83.4 Å². The highest BCUT2D eigenvalue weighted by Gasteiger charge is 2.28. The molecule has 4 rings (SSSR count). The predicted molar refractivity (Wildman–Crippen MR) is 97.9 cm³/mol. The Bertz CT molecular complexity index is 834. The van der Waals surface area contributed by atoms with Crippen molar-refractivity contribution in [1.82, 2.24) is 4.90 Å². The molecule has 3 aromatic carbocycles. The van der Waals surface area contributed by atoms with Crippen molar-refractivity contribution in [1.29, 1.82) is 0 Å². The fraction of sp³-hybridized carbons (Fsp3) is 0.273. The van der Waals surface area contributed by atoms with E-state index in [-0.39, 0.29) is 0 Å². The molecule has 0 bridgehead atoms. The molecule has 1 aliphatic carbocycles. The van der Waals surface area contributed by atoms with Crippen LogP contribution in [0.2, 0.25) is 0 Å². The topological polar surface area (TPSA) is 3.24 Å². The van der Waals surface area contributed by atoms with Crippen molar-refractivity contribution >= 4 is 10.8 Å². The van der Waals surface area contributed by atoms with E-state index >= 15 is 0 Å². The first-order valence-corrected chi connectivity index (χ1v) is 8.48. The van der Waals surface area contributed by atoms with Crippen LogP contribution in [0.3, 0.4) is 0 Å². The molecule has 1 unspecified atom stereocenters. The summed E-state index contributed by atoms with van der Waals surface area (Å²) < 4.78 is 0. The zero-order valence-electron chi connectivity index (χ0n) is 13.9. The van der Waals surface area contributed by atoms with Crippen LogP contribution < -0.4 is 0 Å². The molecular formula is C22H23N. The van der Waals surface area contributed by atoms with E-state index in [1.807, 2.05) is 0 Å². The van der Waals surface area contributed by atoms with Gasteiger partial charge in [-0.3, -0.25) is 0 Å². The molecule has 3 aromatic rings. The van der Waals surface area contributed by atoms with Gasteiger partial charge in [-0.05, 0) is 54.4 Å². The van der Waals surface area contributed by atoms with Crippen LogP contribution in [0.1, 0.15) is 41.5 Å². The summed E-state index contributed by atoms with van der Waals surface area (Å²) >= 11 is 0. The summed E-state index contributed by atoms with van der Waals surface area (Å²) in [5.41, 5.74) is 4.46. The molecule has 0 fully saturated rings. The van der Waals surface area contributed by atoms with Gasteiger partial charge in [0.05, 0.1) is 0 Å². The summed E-state index contributed by atoms with van der Waals surface area (Å²) in [6, 6.07) is 25.2. The van der Waals surface area contributed by atoms with Gasteiger partial charge in [-0.15, -0.1) is 0 Å². The van der Waals surface area contributed by atoms with Crippen molar-refractivity contribution in [3.63, 3.8) is 0 Å². The number of hydrogen-bond donors (Lipinski definition) is 0. The van der Waals surface area contributed by atoms with Gasteiger partial charge >= 0.3 is 0 Å². The standard InChI is InChI=1S/C22H23N/c1-23(2)22-14-13-19(20-9-5-6-10-21(20)22)18-12-11-16-7-3-4-8-17(16)15-18/h3-12,15,19,22H,13-14H2,1-2H3/t19?,22-/m1/s1. The molecule has 0 N–H and O–H groups in total. The molecule has 1 aliphatic rings. The van der Waals surface area contributed by atoms with E-state index in [2.05, 4.69) is 85.7 Å².